The summed E-state index contributed by atoms with van der Waals surface area (Å²) >= 11 is 1.23. The minimum atomic E-state index is -2.04. The number of aromatic hydroxyl groups is 1. The average Bonchev–Trinajstić information content (AvgIpc) is 1.80. The highest BCUT2D eigenvalue weighted by Crippen LogP contribution is 2.23. The van der Waals surface area contributed by atoms with Crippen molar-refractivity contribution in [2.24, 2.45) is 46.4 Å². The topological polar surface area (TPSA) is 628 Å². The van der Waals surface area contributed by atoms with Gasteiger partial charge in [-0.25, -0.2) is 0 Å². The molecule has 28 N–H and O–H groups in total. The van der Waals surface area contributed by atoms with Crippen LogP contribution in [0.15, 0.2) is 24.3 Å². The molecule has 1 heterocycles. The van der Waals surface area contributed by atoms with Crippen molar-refractivity contribution < 1.29 is 82.8 Å². The molecule has 0 aromatic heterocycles. The van der Waals surface area contributed by atoms with Crippen LogP contribution in [0.2, 0.25) is 0 Å². The van der Waals surface area contributed by atoms with E-state index in [0.29, 0.717) is 37.8 Å². The number of nitrogens with one attached hydrogen (secondary N) is 14. The lowest BCUT2D eigenvalue weighted by Crippen LogP contribution is -2.62. The van der Waals surface area contributed by atoms with Gasteiger partial charge in [0.15, 0.2) is 11.9 Å². The molecule has 0 aliphatic carbocycles. The normalized spacial score (nSPS) is 16.1. The Morgan fingerprint density at radius 3 is 1.45 bits per heavy atom. The van der Waals surface area contributed by atoms with Gasteiger partial charge in [-0.15, -0.1) is 0 Å². The number of carboxylic acid groups (broad SMARTS) is 1. The Morgan fingerprint density at radius 2 is 0.962 bits per heavy atom. The molecule has 38 heteroatoms. The maximum Gasteiger partial charge on any atom is 0.305 e. The number of aliphatic hydroxyl groups excluding tert-OH is 2. The fourth-order valence-corrected chi connectivity index (χ4v) is 11.8. The Balaban J connectivity index is 2.48. The number of unbranched alkanes of at least 4 members (excludes halogenated alkanes) is 2. The zero-order chi connectivity index (χ0) is 79.0. The number of carboxylic acids is 1. The third-order valence-corrected chi connectivity index (χ3v) is 17.7. The number of benzene rings is 1. The number of primary amides is 1. The molecular weight excluding hydrogens is 1390 g/mol. The number of amides is 12. The van der Waals surface area contributed by atoms with Crippen molar-refractivity contribution >= 4 is 101 Å². The molecule has 1 aromatic rings. The first-order valence-electron chi connectivity index (χ1n) is 35.5. The van der Waals surface area contributed by atoms with Gasteiger partial charge in [0.2, 0.25) is 70.9 Å². The highest BCUT2D eigenvalue weighted by molar-refractivity contribution is 7.98. The first-order chi connectivity index (χ1) is 49.6. The van der Waals surface area contributed by atoms with E-state index in [4.69, 9.17) is 39.5 Å². The zero-order valence-corrected chi connectivity index (χ0v) is 62.1. The highest BCUT2D eigenvalue weighted by atomic mass is 32.2. The van der Waals surface area contributed by atoms with Gasteiger partial charge in [0.1, 0.15) is 72.2 Å². The lowest BCUT2D eigenvalue weighted by molar-refractivity contribution is -0.143. The first-order valence-corrected chi connectivity index (χ1v) is 36.9. The van der Waals surface area contributed by atoms with Crippen LogP contribution in [-0.2, 0) is 68.7 Å². The summed E-state index contributed by atoms with van der Waals surface area (Å²) < 4.78 is 0. The number of nitrogens with zero attached hydrogens (tertiary/aromatic N) is 1. The van der Waals surface area contributed by atoms with E-state index in [1.54, 1.807) is 27.0 Å². The quantitative estimate of drug-likeness (QED) is 0.0166. The number of carbonyl (C=O) groups excluding carboxylic acids is 12. The molecular formula is C67H116N20O17S. The fraction of sp³-hybridized carbons (Fsp3) is 0.687. The fourth-order valence-electron chi connectivity index (χ4n) is 11.3. The molecule has 13 atom stereocenters. The monoisotopic (exact) mass is 1500 g/mol. The predicted octanol–water partition coefficient (Wildman–Crippen LogP) is -4.63. The highest BCUT2D eigenvalue weighted by Gasteiger charge is 2.41. The number of rotatable bonds is 51. The van der Waals surface area contributed by atoms with Gasteiger partial charge < -0.3 is 118 Å². The molecule has 0 spiro atoms. The Kier molecular flexibility index (Phi) is 42.7. The Labute approximate surface area is 617 Å². The largest absolute Gasteiger partial charge is 0.508 e. The van der Waals surface area contributed by atoms with Crippen molar-refractivity contribution in [3.05, 3.63) is 29.8 Å². The third-order valence-electron chi connectivity index (χ3n) is 17.0. The lowest BCUT2D eigenvalue weighted by atomic mass is 9.99. The van der Waals surface area contributed by atoms with Crippen LogP contribution in [0.5, 0.6) is 5.75 Å². The number of likely N-dealkylation sites (tertiary alicyclic amines) is 1. The number of phenolic OH excluding ortho intramolecular Hbond substituents is 1. The summed E-state index contributed by atoms with van der Waals surface area (Å²) in [6.07, 6.45) is 1.55. The summed E-state index contributed by atoms with van der Waals surface area (Å²) in [4.78, 5) is 182. The van der Waals surface area contributed by atoms with Gasteiger partial charge in [0.05, 0.1) is 19.1 Å². The van der Waals surface area contributed by atoms with Crippen LogP contribution in [0.25, 0.3) is 0 Å². The standard InChI is InChI=1S/C67H116N20O17S/c1-36(2)31-46(54(70)93)81-56(95)43(17-12-27-75-66(71)72)78-60(99)47(33-40-20-22-41(90)23-21-40)82-57(96)42(16-9-11-26-69)77-61(100)48(34-52(91)92)83-64(103)53(39(6)89)86-59(98)45(24-30-105-7)79-62(101)50(35-88)85-58(97)44(18-13-28-76-67(73)74)80-63(102)51-19-14-29-87(51)65(104)49(32-37(3)4)84-55(94)38(5)15-8-10-25-68/h20-23,36-39,42-51,53,88-90H,8-19,24-35,68-69H2,1-7H3,(H2,70,93)(H,77,100)(H,78,99)(H,79,101)(H,80,102)(H,81,95)(H,82,96)(H,83,103)(H,84,94)(H,85,97)(H,86,98)(H,91,92)(H4,71,72,75)(H4,73,74,76)/t38-,39+,42-,43-,44-,45-,46-,47-,48-,49-,50-,51+,53-/m0/s1. The summed E-state index contributed by atoms with van der Waals surface area (Å²) in [5.74, 6) is -13.9. The number of hydrogen-bond acceptors (Lipinski definition) is 21. The third kappa shape index (κ3) is 35.0. The summed E-state index contributed by atoms with van der Waals surface area (Å²) in [6, 6.07) is -11.1. The zero-order valence-electron chi connectivity index (χ0n) is 61.3. The lowest BCUT2D eigenvalue weighted by Gasteiger charge is -2.31. The summed E-state index contributed by atoms with van der Waals surface area (Å²) in [5.41, 5.74) is 28.3. The van der Waals surface area contributed by atoms with Crippen LogP contribution in [0.4, 0.5) is 0 Å². The number of aliphatic carboxylic acids is 1. The van der Waals surface area contributed by atoms with Gasteiger partial charge in [-0.05, 0) is 151 Å². The molecule has 0 saturated carbocycles. The van der Waals surface area contributed by atoms with E-state index in [0.717, 1.165) is 13.3 Å². The molecule has 12 amide bonds. The van der Waals surface area contributed by atoms with Gasteiger partial charge in [-0.3, -0.25) is 73.1 Å². The predicted molar refractivity (Wildman–Crippen MR) is 391 cm³/mol. The molecule has 0 radical (unpaired) electrons. The summed E-state index contributed by atoms with van der Waals surface area (Å²) in [7, 11) is 0. The SMILES string of the molecule is CSCC[C@H](NC(=O)[C@H](CO)NC(=O)[C@H](CCCNC(=N)N)NC(=O)[C@H]1CCCN1C(=O)[C@H](CC(C)C)NC(=O)[C@@H](C)CCCCN)C(=O)N[C@H](C(=O)N[C@@H](CC(=O)O)C(=O)N[C@@H](CCCCN)C(=O)N[C@@H](Cc1ccc(O)cc1)C(=O)N[C@@H](CCCNC(=N)N)C(=O)N[C@@H](CC(C)C)C(N)=O)[C@@H](C)O. The molecule has 2 rings (SSSR count). The Bertz CT molecular complexity index is 3040. The van der Waals surface area contributed by atoms with Crippen LogP contribution in [0.3, 0.4) is 0 Å². The maximum atomic E-state index is 14.5. The molecule has 592 valence electrons. The number of nitrogens with two attached hydrogens (primary N) is 5. The molecule has 1 fully saturated rings. The number of thioether (sulfide) groups is 1. The molecule has 1 aliphatic rings. The van der Waals surface area contributed by atoms with Crippen LogP contribution in [-0.4, -0.2) is 238 Å². The number of carbonyl (C=O) groups is 13. The van der Waals surface area contributed by atoms with Gasteiger partial charge in [-0.1, -0.05) is 53.2 Å². The van der Waals surface area contributed by atoms with Crippen LogP contribution < -0.4 is 92.5 Å². The molecule has 0 bridgehead atoms. The van der Waals surface area contributed by atoms with Gasteiger partial charge >= 0.3 is 5.97 Å². The van der Waals surface area contributed by atoms with Crippen molar-refractivity contribution in [3.8, 4) is 5.75 Å². The maximum absolute atomic E-state index is 14.5. The second kappa shape index (κ2) is 48.8. The Morgan fingerprint density at radius 1 is 0.533 bits per heavy atom. The van der Waals surface area contributed by atoms with E-state index < -0.39 is 162 Å². The van der Waals surface area contributed by atoms with Crippen LogP contribution in [0, 0.1) is 28.6 Å². The molecule has 105 heavy (non-hydrogen) atoms. The van der Waals surface area contributed by atoms with Crippen LogP contribution in [0.1, 0.15) is 150 Å². The minimum absolute atomic E-state index is 0.0390. The number of guanidine groups is 2. The van der Waals surface area contributed by atoms with E-state index in [2.05, 4.69) is 63.8 Å². The van der Waals surface area contributed by atoms with Crippen LogP contribution >= 0.6 is 11.8 Å². The number of phenols is 1. The second-order valence-electron chi connectivity index (χ2n) is 27.0. The second-order valence-corrected chi connectivity index (χ2v) is 28.0. The summed E-state index contributed by atoms with van der Waals surface area (Å²) in [6.45, 7) is 10.00. The van der Waals surface area contributed by atoms with Crippen molar-refractivity contribution in [1.82, 2.24) is 68.7 Å². The van der Waals surface area contributed by atoms with Gasteiger partial charge in [0.25, 0.3) is 0 Å². The van der Waals surface area contributed by atoms with Gasteiger partial charge in [0, 0.05) is 32.0 Å². The van der Waals surface area contributed by atoms with Crippen molar-refractivity contribution in [2.45, 2.75) is 223 Å². The first kappa shape index (κ1) is 91.9. The van der Waals surface area contributed by atoms with E-state index in [1.165, 1.54) is 40.9 Å². The average molecular weight is 1510 g/mol. The van der Waals surface area contributed by atoms with E-state index in [1.807, 2.05) is 13.8 Å². The van der Waals surface area contributed by atoms with Crippen molar-refractivity contribution in [1.29, 1.82) is 10.8 Å². The minimum Gasteiger partial charge on any atom is -0.508 e. The smallest absolute Gasteiger partial charge is 0.305 e. The molecule has 1 aliphatic heterocycles. The van der Waals surface area contributed by atoms with E-state index >= 15 is 0 Å². The molecule has 37 nitrogen and oxygen atoms in total. The van der Waals surface area contributed by atoms with E-state index in [-0.39, 0.29) is 138 Å². The number of aliphatic hydroxyl groups is 2. The van der Waals surface area contributed by atoms with Crippen molar-refractivity contribution in [3.63, 3.8) is 0 Å². The summed E-state index contributed by atoms with van der Waals surface area (Å²) in [5, 5.41) is 87.1. The van der Waals surface area contributed by atoms with Gasteiger partial charge in [-0.2, -0.15) is 11.8 Å². The molecule has 0 unspecified atom stereocenters. The number of hydrogen-bond donors (Lipinski definition) is 23. The molecule has 1 aromatic carbocycles. The Hall–Kier alpha value is -9.14. The van der Waals surface area contributed by atoms with Crippen molar-refractivity contribution in [2.75, 3.05) is 51.3 Å². The molecule has 1 saturated heterocycles. The van der Waals surface area contributed by atoms with E-state index in [9.17, 15) is 82.8 Å².